The minimum absolute atomic E-state index is 0.743. The number of rotatable bonds is 5. The fourth-order valence-electron chi connectivity index (χ4n) is 5.71. The molecule has 2 aliphatic heterocycles. The number of benzene rings is 2. The van der Waals surface area contributed by atoms with Crippen LogP contribution in [0.15, 0.2) is 52.9 Å². The van der Waals surface area contributed by atoms with Crippen LogP contribution in [0.2, 0.25) is 0 Å². The molecule has 158 valence electrons. The lowest BCUT2D eigenvalue weighted by molar-refractivity contribution is -0.968. The van der Waals surface area contributed by atoms with Gasteiger partial charge >= 0.3 is 0 Å². The Morgan fingerprint density at radius 3 is 2.50 bits per heavy atom. The van der Waals surface area contributed by atoms with Gasteiger partial charge in [-0.3, -0.25) is 0 Å². The Morgan fingerprint density at radius 1 is 1.00 bits per heavy atom. The number of hydrogen-bond acceptors (Lipinski definition) is 3. The fourth-order valence-corrected chi connectivity index (χ4v) is 5.71. The molecule has 30 heavy (non-hydrogen) atoms. The molecular weight excluding hydrogens is 372 g/mol. The van der Waals surface area contributed by atoms with E-state index in [0.717, 1.165) is 48.3 Å². The monoisotopic (exact) mass is 405 g/mol. The summed E-state index contributed by atoms with van der Waals surface area (Å²) in [6.07, 6.45) is 6.60. The Kier molecular flexibility index (Phi) is 5.53. The van der Waals surface area contributed by atoms with Crippen LogP contribution in [0.5, 0.6) is 5.75 Å². The topological polar surface area (TPSA) is 34.4 Å². The highest BCUT2D eigenvalue weighted by atomic mass is 16.5. The maximum atomic E-state index is 6.29. The third kappa shape index (κ3) is 3.63. The van der Waals surface area contributed by atoms with Crippen molar-refractivity contribution in [1.82, 2.24) is 5.32 Å². The number of furan rings is 1. The Morgan fingerprint density at radius 2 is 1.77 bits per heavy atom. The number of quaternary nitrogens is 1. The first-order valence-corrected chi connectivity index (χ1v) is 11.5. The van der Waals surface area contributed by atoms with Crippen LogP contribution >= 0.6 is 0 Å². The van der Waals surface area contributed by atoms with E-state index < -0.39 is 0 Å². The molecule has 3 heterocycles. The van der Waals surface area contributed by atoms with E-state index in [4.69, 9.17) is 9.15 Å². The zero-order chi connectivity index (χ0) is 20.4. The molecule has 0 amide bonds. The van der Waals surface area contributed by atoms with Crippen molar-refractivity contribution in [3.63, 3.8) is 0 Å². The van der Waals surface area contributed by atoms with Crippen LogP contribution < -0.4 is 10.1 Å². The summed E-state index contributed by atoms with van der Waals surface area (Å²) in [6, 6.07) is 17.5. The maximum Gasteiger partial charge on any atom is 0.135 e. The molecule has 1 N–H and O–H groups in total. The lowest BCUT2D eigenvalue weighted by Gasteiger charge is -2.49. The Hall–Kier alpha value is -2.30. The number of methoxy groups -OCH3 is 1. The van der Waals surface area contributed by atoms with E-state index in [1.165, 1.54) is 60.6 Å². The van der Waals surface area contributed by atoms with E-state index in [-0.39, 0.29) is 0 Å². The van der Waals surface area contributed by atoms with Gasteiger partial charge in [-0.15, -0.1) is 0 Å². The van der Waals surface area contributed by atoms with Crippen LogP contribution in [-0.4, -0.2) is 43.8 Å². The molecule has 0 saturated carbocycles. The van der Waals surface area contributed by atoms with Gasteiger partial charge in [-0.1, -0.05) is 30.3 Å². The van der Waals surface area contributed by atoms with E-state index in [1.807, 2.05) is 6.07 Å². The minimum atomic E-state index is 0.743. The van der Waals surface area contributed by atoms with Gasteiger partial charge in [-0.05, 0) is 37.5 Å². The first-order chi connectivity index (χ1) is 14.8. The van der Waals surface area contributed by atoms with Crippen molar-refractivity contribution in [1.29, 1.82) is 0 Å². The van der Waals surface area contributed by atoms with Crippen LogP contribution in [0, 0.1) is 0 Å². The molecule has 0 unspecified atom stereocenters. The molecule has 0 spiro atoms. The molecule has 0 radical (unpaired) electrons. The number of nitrogens with zero attached hydrogens (tertiary/aromatic N) is 1. The first-order valence-electron chi connectivity index (χ1n) is 11.5. The number of hydrogen-bond donors (Lipinski definition) is 1. The molecule has 0 bridgehead atoms. The Balaban J connectivity index is 1.58. The Bertz CT molecular complexity index is 983. The van der Waals surface area contributed by atoms with E-state index in [1.54, 1.807) is 7.11 Å². The summed E-state index contributed by atoms with van der Waals surface area (Å²) in [5.74, 6) is 1.94. The van der Waals surface area contributed by atoms with Crippen LogP contribution in [0.4, 0.5) is 0 Å². The van der Waals surface area contributed by atoms with Crippen molar-refractivity contribution >= 4 is 11.0 Å². The van der Waals surface area contributed by atoms with Crippen LogP contribution in [0.3, 0.4) is 0 Å². The van der Waals surface area contributed by atoms with Gasteiger partial charge in [-0.25, -0.2) is 0 Å². The first kappa shape index (κ1) is 19.7. The highest BCUT2D eigenvalue weighted by molar-refractivity contribution is 5.87. The minimum Gasteiger partial charge on any atom is -0.496 e. The van der Waals surface area contributed by atoms with Gasteiger partial charge in [0, 0.05) is 36.9 Å². The second-order valence-corrected chi connectivity index (χ2v) is 9.00. The summed E-state index contributed by atoms with van der Waals surface area (Å²) < 4.78 is 13.4. The molecule has 1 aromatic heterocycles. The highest BCUT2D eigenvalue weighted by Crippen LogP contribution is 2.39. The molecule has 2 aromatic carbocycles. The van der Waals surface area contributed by atoms with Gasteiger partial charge in [0.15, 0.2) is 0 Å². The standard InChI is InChI=1S/C26H33N2O2/c1-29-24-10-11-25-22(18-26(30-25)20-8-4-2-5-9-20)23(24)19-28(16-6-3-7-17-28)21-12-14-27-15-13-21/h2,4-5,8-11,18,21,27H,3,6-7,12-17,19H2,1H3/q+1. The summed E-state index contributed by atoms with van der Waals surface area (Å²) >= 11 is 0. The molecule has 0 atom stereocenters. The normalized spacial score (nSPS) is 19.8. The second-order valence-electron chi connectivity index (χ2n) is 9.00. The van der Waals surface area contributed by atoms with E-state index >= 15 is 0 Å². The van der Waals surface area contributed by atoms with Crippen LogP contribution in [0.25, 0.3) is 22.3 Å². The zero-order valence-electron chi connectivity index (χ0n) is 18.0. The zero-order valence-corrected chi connectivity index (χ0v) is 18.0. The third-order valence-corrected chi connectivity index (χ3v) is 7.31. The SMILES string of the molecule is COc1ccc2oc(-c3ccccc3)cc2c1C[N+]1(C2CCNCC2)CCCCC1. The number of ether oxygens (including phenoxy) is 1. The average Bonchev–Trinajstić information content (AvgIpc) is 3.26. The molecule has 2 saturated heterocycles. The van der Waals surface area contributed by atoms with E-state index in [0.29, 0.717) is 0 Å². The molecule has 2 aliphatic rings. The summed E-state index contributed by atoms with van der Waals surface area (Å²) in [6.45, 7) is 5.91. The average molecular weight is 406 g/mol. The molecule has 5 rings (SSSR count). The lowest BCUT2D eigenvalue weighted by atomic mass is 9.94. The lowest BCUT2D eigenvalue weighted by Crippen LogP contribution is -2.60. The number of piperidine rings is 2. The van der Waals surface area contributed by atoms with Gasteiger partial charge in [0.2, 0.25) is 0 Å². The predicted molar refractivity (Wildman–Crippen MR) is 122 cm³/mol. The molecular formula is C26H33N2O2+. The van der Waals surface area contributed by atoms with Crippen molar-refractivity contribution in [3.05, 3.63) is 54.1 Å². The molecule has 4 nitrogen and oxygen atoms in total. The maximum absolute atomic E-state index is 6.29. The van der Waals surface area contributed by atoms with Crippen molar-refractivity contribution in [2.75, 3.05) is 33.3 Å². The van der Waals surface area contributed by atoms with E-state index in [9.17, 15) is 0 Å². The molecule has 0 aliphatic carbocycles. The summed E-state index contributed by atoms with van der Waals surface area (Å²) in [5.41, 5.74) is 3.41. The van der Waals surface area contributed by atoms with Crippen molar-refractivity contribution in [2.45, 2.75) is 44.7 Å². The van der Waals surface area contributed by atoms with Gasteiger partial charge < -0.3 is 19.0 Å². The van der Waals surface area contributed by atoms with Gasteiger partial charge in [0.1, 0.15) is 23.6 Å². The van der Waals surface area contributed by atoms with Crippen molar-refractivity contribution < 1.29 is 13.6 Å². The molecule has 2 fully saturated rings. The summed E-state index contributed by atoms with van der Waals surface area (Å²) in [5, 5.41) is 4.77. The third-order valence-electron chi connectivity index (χ3n) is 7.31. The predicted octanol–water partition coefficient (Wildman–Crippen LogP) is 5.36. The molecule has 4 heteroatoms. The van der Waals surface area contributed by atoms with Crippen molar-refractivity contribution in [3.8, 4) is 17.1 Å². The molecule has 3 aromatic rings. The van der Waals surface area contributed by atoms with Gasteiger partial charge in [-0.2, -0.15) is 0 Å². The Labute approximate surface area is 179 Å². The smallest absolute Gasteiger partial charge is 0.135 e. The van der Waals surface area contributed by atoms with Gasteiger partial charge in [0.05, 0.1) is 31.8 Å². The van der Waals surface area contributed by atoms with E-state index in [2.05, 4.69) is 47.8 Å². The largest absolute Gasteiger partial charge is 0.496 e. The van der Waals surface area contributed by atoms with Crippen LogP contribution in [0.1, 0.15) is 37.7 Å². The quantitative estimate of drug-likeness (QED) is 0.580. The summed E-state index contributed by atoms with van der Waals surface area (Å²) in [7, 11) is 1.80. The summed E-state index contributed by atoms with van der Waals surface area (Å²) in [4.78, 5) is 0. The fraction of sp³-hybridized carbons (Fsp3) is 0.462. The number of likely N-dealkylation sites (tertiary alicyclic amines) is 1. The second kappa shape index (κ2) is 8.44. The van der Waals surface area contributed by atoms with Gasteiger partial charge in [0.25, 0.3) is 0 Å². The van der Waals surface area contributed by atoms with Crippen molar-refractivity contribution in [2.24, 2.45) is 0 Å². The highest BCUT2D eigenvalue weighted by Gasteiger charge is 2.40. The van der Waals surface area contributed by atoms with Crippen LogP contribution in [-0.2, 0) is 6.54 Å². The number of fused-ring (bicyclic) bond motifs is 1. The number of nitrogens with one attached hydrogen (secondary N) is 1.